The van der Waals surface area contributed by atoms with E-state index in [9.17, 15) is 13.2 Å². The topological polar surface area (TPSA) is 93.5 Å². The number of benzene rings is 2. The molecule has 0 bridgehead atoms. The number of fused-ring (bicyclic) bond motifs is 1. The molecular formula is C22H28N4O4S. The molecule has 0 saturated heterocycles. The molecule has 0 aliphatic rings. The highest BCUT2D eigenvalue weighted by Gasteiger charge is 2.22. The minimum atomic E-state index is -3.55. The van der Waals surface area contributed by atoms with Crippen LogP contribution in [0.25, 0.3) is 11.0 Å². The van der Waals surface area contributed by atoms with Crippen molar-refractivity contribution in [3.8, 4) is 5.75 Å². The summed E-state index contributed by atoms with van der Waals surface area (Å²) < 4.78 is 34.0. The van der Waals surface area contributed by atoms with Crippen LogP contribution in [0, 0.1) is 6.92 Å². The van der Waals surface area contributed by atoms with E-state index in [1.54, 1.807) is 31.6 Å². The number of imidazole rings is 1. The molecule has 3 rings (SSSR count). The Hall–Kier alpha value is -2.91. The van der Waals surface area contributed by atoms with Crippen molar-refractivity contribution in [1.82, 2.24) is 13.9 Å². The number of aromatic nitrogens is 2. The zero-order valence-electron chi connectivity index (χ0n) is 18.3. The van der Waals surface area contributed by atoms with Crippen molar-refractivity contribution in [2.75, 3.05) is 25.5 Å². The molecule has 0 atom stereocenters. The lowest BCUT2D eigenvalue weighted by Gasteiger charge is -2.18. The maximum Gasteiger partial charge on any atom is 0.243 e. The Labute approximate surface area is 182 Å². The number of hydrogen-bond donors (Lipinski definition) is 1. The van der Waals surface area contributed by atoms with Gasteiger partial charge >= 0.3 is 0 Å². The second-order valence-corrected chi connectivity index (χ2v) is 9.12. The largest absolute Gasteiger partial charge is 0.495 e. The van der Waals surface area contributed by atoms with Crippen molar-refractivity contribution < 1.29 is 17.9 Å². The van der Waals surface area contributed by atoms with Gasteiger partial charge in [0.1, 0.15) is 5.75 Å². The molecule has 0 aliphatic carbocycles. The Morgan fingerprint density at radius 3 is 2.58 bits per heavy atom. The number of hydrogen-bond acceptors (Lipinski definition) is 5. The highest BCUT2D eigenvalue weighted by molar-refractivity contribution is 7.89. The SMILES string of the molecule is CCN(CC)S(=O)(=O)c1ccc2c(c1)ncn2CCC(=O)Nc1cc(C)ccc1OC. The van der Waals surface area contributed by atoms with Gasteiger partial charge in [0.05, 0.1) is 35.1 Å². The van der Waals surface area contributed by atoms with Gasteiger partial charge in [-0.2, -0.15) is 4.31 Å². The van der Waals surface area contributed by atoms with Crippen molar-refractivity contribution in [2.45, 2.75) is 38.6 Å². The monoisotopic (exact) mass is 444 g/mol. The number of rotatable bonds is 9. The molecule has 1 heterocycles. The second kappa shape index (κ2) is 9.49. The molecule has 166 valence electrons. The van der Waals surface area contributed by atoms with E-state index < -0.39 is 10.0 Å². The van der Waals surface area contributed by atoms with Crippen LogP contribution >= 0.6 is 0 Å². The first kappa shape index (κ1) is 22.8. The first-order chi connectivity index (χ1) is 14.8. The van der Waals surface area contributed by atoms with E-state index >= 15 is 0 Å². The van der Waals surface area contributed by atoms with Crippen LogP contribution in [0.15, 0.2) is 47.6 Å². The lowest BCUT2D eigenvalue weighted by Crippen LogP contribution is -2.30. The summed E-state index contributed by atoms with van der Waals surface area (Å²) in [7, 11) is -1.98. The maximum atomic E-state index is 12.7. The Kier molecular flexibility index (Phi) is 6.97. The fourth-order valence-electron chi connectivity index (χ4n) is 3.45. The lowest BCUT2D eigenvalue weighted by molar-refractivity contribution is -0.116. The molecule has 0 fully saturated rings. The molecule has 1 amide bonds. The van der Waals surface area contributed by atoms with E-state index in [2.05, 4.69) is 10.3 Å². The Morgan fingerprint density at radius 2 is 1.90 bits per heavy atom. The summed E-state index contributed by atoms with van der Waals surface area (Å²) >= 11 is 0. The minimum absolute atomic E-state index is 0.147. The van der Waals surface area contributed by atoms with Crippen LogP contribution in [0.1, 0.15) is 25.8 Å². The van der Waals surface area contributed by atoms with Crippen LogP contribution < -0.4 is 10.1 Å². The highest BCUT2D eigenvalue weighted by Crippen LogP contribution is 2.25. The van der Waals surface area contributed by atoms with Crippen molar-refractivity contribution in [2.24, 2.45) is 0 Å². The van der Waals surface area contributed by atoms with Crippen molar-refractivity contribution >= 4 is 32.7 Å². The molecule has 2 aromatic carbocycles. The van der Waals surface area contributed by atoms with E-state index in [-0.39, 0.29) is 17.2 Å². The third kappa shape index (κ3) is 4.88. The first-order valence-electron chi connectivity index (χ1n) is 10.2. The van der Waals surface area contributed by atoms with Gasteiger partial charge in [0.25, 0.3) is 0 Å². The van der Waals surface area contributed by atoms with Gasteiger partial charge < -0.3 is 14.6 Å². The van der Waals surface area contributed by atoms with Crippen LogP contribution in [-0.4, -0.2) is 48.4 Å². The predicted octanol–water partition coefficient (Wildman–Crippen LogP) is 3.41. The number of anilines is 1. The third-order valence-corrected chi connectivity index (χ3v) is 7.19. The Morgan fingerprint density at radius 1 is 1.16 bits per heavy atom. The standard InChI is InChI=1S/C22H28N4O4S/c1-5-26(6-2)31(28,29)17-8-9-20-18(14-17)23-15-25(20)12-11-22(27)24-19-13-16(3)7-10-21(19)30-4/h7-10,13-15H,5-6,11-12H2,1-4H3,(H,24,27). The fourth-order valence-corrected chi connectivity index (χ4v) is 4.93. The minimum Gasteiger partial charge on any atom is -0.495 e. The number of sulfonamides is 1. The van der Waals surface area contributed by atoms with Gasteiger partial charge in [-0.1, -0.05) is 19.9 Å². The van der Waals surface area contributed by atoms with E-state index in [1.807, 2.05) is 43.5 Å². The fraction of sp³-hybridized carbons (Fsp3) is 0.364. The Bertz CT molecular complexity index is 1180. The molecule has 0 unspecified atom stereocenters. The summed E-state index contributed by atoms with van der Waals surface area (Å²) in [5, 5.41) is 2.88. The zero-order chi connectivity index (χ0) is 22.6. The first-order valence-corrected chi connectivity index (χ1v) is 11.6. The van der Waals surface area contributed by atoms with Crippen molar-refractivity contribution in [1.29, 1.82) is 0 Å². The maximum absolute atomic E-state index is 12.7. The van der Waals surface area contributed by atoms with Crippen LogP contribution in [0.2, 0.25) is 0 Å². The molecule has 3 aromatic rings. The number of ether oxygens (including phenoxy) is 1. The quantitative estimate of drug-likeness (QED) is 0.546. The number of nitrogens with zero attached hydrogens (tertiary/aromatic N) is 3. The molecule has 1 aromatic heterocycles. The number of amides is 1. The molecule has 8 nitrogen and oxygen atoms in total. The van der Waals surface area contributed by atoms with Crippen molar-refractivity contribution in [3.05, 3.63) is 48.3 Å². The van der Waals surface area contributed by atoms with Crippen LogP contribution in [0.3, 0.4) is 0 Å². The molecule has 0 saturated carbocycles. The average molecular weight is 445 g/mol. The summed E-state index contributed by atoms with van der Waals surface area (Å²) in [6.45, 7) is 6.80. The number of carbonyl (C=O) groups is 1. The van der Waals surface area contributed by atoms with Gasteiger partial charge in [-0.25, -0.2) is 13.4 Å². The summed E-state index contributed by atoms with van der Waals surface area (Å²) in [4.78, 5) is 17.0. The molecule has 0 radical (unpaired) electrons. The highest BCUT2D eigenvalue weighted by atomic mass is 32.2. The normalized spacial score (nSPS) is 11.8. The molecule has 1 N–H and O–H groups in total. The van der Waals surface area contributed by atoms with Gasteiger partial charge in [-0.05, 0) is 42.8 Å². The summed E-state index contributed by atoms with van der Waals surface area (Å²) in [6.07, 6.45) is 1.86. The van der Waals surface area contributed by atoms with E-state index in [0.29, 0.717) is 36.6 Å². The third-order valence-electron chi connectivity index (χ3n) is 5.14. The predicted molar refractivity (Wildman–Crippen MR) is 121 cm³/mol. The van der Waals surface area contributed by atoms with Gasteiger partial charge in [-0.3, -0.25) is 4.79 Å². The van der Waals surface area contributed by atoms with Gasteiger partial charge in [0, 0.05) is 26.1 Å². The van der Waals surface area contributed by atoms with Gasteiger partial charge in [0.15, 0.2) is 0 Å². The van der Waals surface area contributed by atoms with Crippen molar-refractivity contribution in [3.63, 3.8) is 0 Å². The lowest BCUT2D eigenvalue weighted by atomic mass is 10.2. The molecule has 0 aliphatic heterocycles. The summed E-state index contributed by atoms with van der Waals surface area (Å²) in [5.41, 5.74) is 3.01. The molecule has 31 heavy (non-hydrogen) atoms. The molecule has 0 spiro atoms. The van der Waals surface area contributed by atoms with Gasteiger partial charge in [-0.15, -0.1) is 0 Å². The number of carbonyl (C=O) groups excluding carboxylic acids is 1. The van der Waals surface area contributed by atoms with Crippen LogP contribution in [0.4, 0.5) is 5.69 Å². The second-order valence-electron chi connectivity index (χ2n) is 7.18. The zero-order valence-corrected chi connectivity index (χ0v) is 19.1. The van der Waals surface area contributed by atoms with E-state index in [4.69, 9.17) is 4.74 Å². The van der Waals surface area contributed by atoms with Gasteiger partial charge in [0.2, 0.25) is 15.9 Å². The summed E-state index contributed by atoms with van der Waals surface area (Å²) in [5.74, 6) is 0.459. The smallest absolute Gasteiger partial charge is 0.243 e. The molecule has 9 heteroatoms. The number of methoxy groups -OCH3 is 1. The number of nitrogens with one attached hydrogen (secondary N) is 1. The molecular weight excluding hydrogens is 416 g/mol. The Balaban J connectivity index is 1.73. The number of aryl methyl sites for hydroxylation is 2. The average Bonchev–Trinajstić information content (AvgIpc) is 3.15. The van der Waals surface area contributed by atoms with Crippen LogP contribution in [-0.2, 0) is 21.4 Å². The summed E-state index contributed by atoms with van der Waals surface area (Å²) in [6, 6.07) is 10.5. The van der Waals surface area contributed by atoms with E-state index in [0.717, 1.165) is 11.1 Å². The van der Waals surface area contributed by atoms with E-state index in [1.165, 1.54) is 4.31 Å². The van der Waals surface area contributed by atoms with Crippen LogP contribution in [0.5, 0.6) is 5.75 Å².